The molecule has 2 rings (SSSR count). The maximum atomic E-state index is 11.3. The van der Waals surface area contributed by atoms with Crippen molar-refractivity contribution >= 4 is 11.8 Å². The highest BCUT2D eigenvalue weighted by Gasteiger charge is 2.06. The zero-order valence-electron chi connectivity index (χ0n) is 11.4. The van der Waals surface area contributed by atoms with Gasteiger partial charge in [-0.05, 0) is 36.8 Å². The van der Waals surface area contributed by atoms with E-state index >= 15 is 0 Å². The number of carbonyl (C=O) groups excluding carboxylic acids is 1. The molecule has 0 fully saturated rings. The Morgan fingerprint density at radius 2 is 1.90 bits per heavy atom. The summed E-state index contributed by atoms with van der Waals surface area (Å²) < 4.78 is 10.2. The lowest BCUT2D eigenvalue weighted by molar-refractivity contribution is 0.0600. The molecule has 0 atom stereocenters. The van der Waals surface area contributed by atoms with Gasteiger partial charge in [0.1, 0.15) is 6.61 Å². The van der Waals surface area contributed by atoms with E-state index in [1.54, 1.807) is 18.2 Å². The molecule has 1 aromatic carbocycles. The quantitative estimate of drug-likeness (QED) is 0.865. The number of pyridine rings is 1. The molecule has 0 bridgehead atoms. The van der Waals surface area contributed by atoms with Crippen LogP contribution in [-0.4, -0.2) is 18.1 Å². The summed E-state index contributed by atoms with van der Waals surface area (Å²) in [6, 6.07) is 10.6. The zero-order chi connectivity index (χ0) is 14.5. The van der Waals surface area contributed by atoms with Crippen LogP contribution in [0.4, 0.5) is 5.82 Å². The normalized spacial score (nSPS) is 10.1. The standard InChI is InChI=1S/C15H16N2O3/c1-10-3-8-13(14(16)17-10)20-9-11-4-6-12(7-5-11)15(18)19-2/h3-8H,9H2,1-2H3,(H2,16,17). The van der Waals surface area contributed by atoms with Crippen molar-refractivity contribution in [3.8, 4) is 5.75 Å². The van der Waals surface area contributed by atoms with Gasteiger partial charge in [-0.25, -0.2) is 9.78 Å². The topological polar surface area (TPSA) is 74.4 Å². The number of methoxy groups -OCH3 is 1. The lowest BCUT2D eigenvalue weighted by atomic mass is 10.1. The molecule has 0 amide bonds. The van der Waals surface area contributed by atoms with Gasteiger partial charge >= 0.3 is 5.97 Å². The summed E-state index contributed by atoms with van der Waals surface area (Å²) in [5.74, 6) is 0.563. The van der Waals surface area contributed by atoms with E-state index in [4.69, 9.17) is 10.5 Å². The number of aryl methyl sites for hydroxylation is 1. The van der Waals surface area contributed by atoms with Crippen LogP contribution in [0.25, 0.3) is 0 Å². The molecule has 0 radical (unpaired) electrons. The number of anilines is 1. The molecular weight excluding hydrogens is 256 g/mol. The number of aromatic nitrogens is 1. The minimum absolute atomic E-state index is 0.357. The first kappa shape index (κ1) is 13.9. The van der Waals surface area contributed by atoms with Gasteiger partial charge in [0.15, 0.2) is 11.6 Å². The summed E-state index contributed by atoms with van der Waals surface area (Å²) in [6.07, 6.45) is 0. The predicted molar refractivity (Wildman–Crippen MR) is 75.5 cm³/mol. The highest BCUT2D eigenvalue weighted by Crippen LogP contribution is 2.20. The van der Waals surface area contributed by atoms with Gasteiger partial charge in [-0.2, -0.15) is 0 Å². The number of benzene rings is 1. The maximum Gasteiger partial charge on any atom is 0.337 e. The van der Waals surface area contributed by atoms with Gasteiger partial charge in [-0.15, -0.1) is 0 Å². The summed E-state index contributed by atoms with van der Waals surface area (Å²) in [7, 11) is 1.35. The number of nitrogens with two attached hydrogens (primary N) is 1. The SMILES string of the molecule is COC(=O)c1ccc(COc2ccc(C)nc2N)cc1. The number of ether oxygens (including phenoxy) is 2. The van der Waals surface area contributed by atoms with Crippen LogP contribution in [0.2, 0.25) is 0 Å². The van der Waals surface area contributed by atoms with Crippen molar-refractivity contribution in [2.24, 2.45) is 0 Å². The third kappa shape index (κ3) is 3.26. The predicted octanol–water partition coefficient (Wildman–Crippen LogP) is 2.34. The summed E-state index contributed by atoms with van der Waals surface area (Å²) in [5, 5.41) is 0. The van der Waals surface area contributed by atoms with E-state index in [1.165, 1.54) is 7.11 Å². The lowest BCUT2D eigenvalue weighted by Crippen LogP contribution is -2.03. The molecule has 20 heavy (non-hydrogen) atoms. The van der Waals surface area contributed by atoms with E-state index in [2.05, 4.69) is 9.72 Å². The fourth-order valence-electron chi connectivity index (χ4n) is 1.70. The molecule has 2 aromatic rings. The van der Waals surface area contributed by atoms with Crippen LogP contribution >= 0.6 is 0 Å². The van der Waals surface area contributed by atoms with Gasteiger partial charge < -0.3 is 15.2 Å². The Balaban J connectivity index is 2.02. The van der Waals surface area contributed by atoms with Gasteiger partial charge in [0.25, 0.3) is 0 Å². The molecule has 0 spiro atoms. The molecular formula is C15H16N2O3. The van der Waals surface area contributed by atoms with Gasteiger partial charge in [0.2, 0.25) is 0 Å². The number of esters is 1. The van der Waals surface area contributed by atoms with Crippen LogP contribution in [0, 0.1) is 6.92 Å². The molecule has 0 aliphatic heterocycles. The fourth-order valence-corrected chi connectivity index (χ4v) is 1.70. The Hall–Kier alpha value is -2.56. The minimum atomic E-state index is -0.357. The smallest absolute Gasteiger partial charge is 0.337 e. The highest BCUT2D eigenvalue weighted by atomic mass is 16.5. The molecule has 5 nitrogen and oxygen atoms in total. The molecule has 0 aliphatic rings. The molecule has 2 N–H and O–H groups in total. The van der Waals surface area contributed by atoms with Crippen LogP contribution in [0.15, 0.2) is 36.4 Å². The molecule has 0 unspecified atom stereocenters. The average molecular weight is 272 g/mol. The van der Waals surface area contributed by atoms with E-state index in [1.807, 2.05) is 25.1 Å². The van der Waals surface area contributed by atoms with E-state index in [9.17, 15) is 4.79 Å². The first-order valence-electron chi connectivity index (χ1n) is 6.13. The van der Waals surface area contributed by atoms with Gasteiger partial charge in [-0.3, -0.25) is 0 Å². The number of rotatable bonds is 4. The summed E-state index contributed by atoms with van der Waals surface area (Å²) in [5.41, 5.74) is 8.05. The Labute approximate surface area is 117 Å². The molecule has 1 heterocycles. The first-order valence-corrected chi connectivity index (χ1v) is 6.13. The van der Waals surface area contributed by atoms with Crippen molar-refractivity contribution in [2.75, 3.05) is 12.8 Å². The van der Waals surface area contributed by atoms with E-state index in [-0.39, 0.29) is 5.97 Å². The van der Waals surface area contributed by atoms with Gasteiger partial charge in [0.05, 0.1) is 12.7 Å². The number of hydrogen-bond donors (Lipinski definition) is 1. The summed E-state index contributed by atoms with van der Waals surface area (Å²) in [4.78, 5) is 15.4. The number of carbonyl (C=O) groups is 1. The van der Waals surface area contributed by atoms with Crippen molar-refractivity contribution in [1.82, 2.24) is 4.98 Å². The highest BCUT2D eigenvalue weighted by molar-refractivity contribution is 5.89. The minimum Gasteiger partial charge on any atom is -0.485 e. The monoisotopic (exact) mass is 272 g/mol. The van der Waals surface area contributed by atoms with Crippen LogP contribution < -0.4 is 10.5 Å². The average Bonchev–Trinajstić information content (AvgIpc) is 2.46. The zero-order valence-corrected chi connectivity index (χ0v) is 11.4. The Morgan fingerprint density at radius 3 is 2.50 bits per heavy atom. The number of nitrogen functional groups attached to an aromatic ring is 1. The van der Waals surface area contributed by atoms with E-state index in [0.29, 0.717) is 23.7 Å². The molecule has 5 heteroatoms. The molecule has 0 saturated carbocycles. The Bertz CT molecular complexity index is 609. The van der Waals surface area contributed by atoms with Crippen LogP contribution in [0.5, 0.6) is 5.75 Å². The van der Waals surface area contributed by atoms with Crippen molar-refractivity contribution in [1.29, 1.82) is 0 Å². The molecule has 0 saturated heterocycles. The second-order valence-corrected chi connectivity index (χ2v) is 4.31. The van der Waals surface area contributed by atoms with Gasteiger partial charge in [0, 0.05) is 5.69 Å². The summed E-state index contributed by atoms with van der Waals surface area (Å²) >= 11 is 0. The second kappa shape index (κ2) is 6.06. The first-order chi connectivity index (χ1) is 9.60. The number of hydrogen-bond acceptors (Lipinski definition) is 5. The van der Waals surface area contributed by atoms with Crippen molar-refractivity contribution in [2.45, 2.75) is 13.5 Å². The third-order valence-electron chi connectivity index (χ3n) is 2.79. The number of nitrogens with zero attached hydrogens (tertiary/aromatic N) is 1. The van der Waals surface area contributed by atoms with Crippen LogP contribution in [0.3, 0.4) is 0 Å². The Kier molecular flexibility index (Phi) is 4.20. The van der Waals surface area contributed by atoms with Crippen molar-refractivity contribution in [3.63, 3.8) is 0 Å². The van der Waals surface area contributed by atoms with E-state index < -0.39 is 0 Å². The summed E-state index contributed by atoms with van der Waals surface area (Å²) in [6.45, 7) is 2.22. The fraction of sp³-hybridized carbons (Fsp3) is 0.200. The van der Waals surface area contributed by atoms with Crippen LogP contribution in [-0.2, 0) is 11.3 Å². The maximum absolute atomic E-state index is 11.3. The van der Waals surface area contributed by atoms with Crippen molar-refractivity contribution in [3.05, 3.63) is 53.2 Å². The molecule has 1 aromatic heterocycles. The Morgan fingerprint density at radius 1 is 1.20 bits per heavy atom. The van der Waals surface area contributed by atoms with Crippen molar-refractivity contribution < 1.29 is 14.3 Å². The molecule has 0 aliphatic carbocycles. The lowest BCUT2D eigenvalue weighted by Gasteiger charge is -2.09. The van der Waals surface area contributed by atoms with Crippen LogP contribution in [0.1, 0.15) is 21.6 Å². The second-order valence-electron chi connectivity index (χ2n) is 4.31. The van der Waals surface area contributed by atoms with E-state index in [0.717, 1.165) is 11.3 Å². The molecule has 104 valence electrons. The third-order valence-corrected chi connectivity index (χ3v) is 2.79. The largest absolute Gasteiger partial charge is 0.485 e. The van der Waals surface area contributed by atoms with Gasteiger partial charge in [-0.1, -0.05) is 12.1 Å².